The summed E-state index contributed by atoms with van der Waals surface area (Å²) in [6, 6.07) is 3.26. The Hall–Kier alpha value is -1.36. The van der Waals surface area contributed by atoms with Gasteiger partial charge in [-0.3, -0.25) is 0 Å². The van der Waals surface area contributed by atoms with Gasteiger partial charge in [0.05, 0.1) is 10.2 Å². The number of halogens is 2. The first-order valence-corrected chi connectivity index (χ1v) is 7.57. The minimum atomic E-state index is -0.251. The lowest BCUT2D eigenvalue weighted by atomic mass is 10.2. The number of rotatable bonds is 5. The molecule has 1 aromatic heterocycles. The van der Waals surface area contributed by atoms with Crippen LogP contribution < -0.4 is 5.32 Å². The molecule has 5 heteroatoms. The fourth-order valence-corrected chi connectivity index (χ4v) is 2.39. The highest BCUT2D eigenvalue weighted by Crippen LogP contribution is 2.27. The number of unbranched alkanes of at least 4 members (excludes halogenated alkanes) is 1. The van der Waals surface area contributed by atoms with Crippen LogP contribution >= 0.6 is 15.9 Å². The maximum absolute atomic E-state index is 13.5. The van der Waals surface area contributed by atoms with Crippen molar-refractivity contribution in [2.24, 2.45) is 0 Å². The van der Waals surface area contributed by atoms with Crippen molar-refractivity contribution in [1.29, 1.82) is 0 Å². The molecule has 1 heterocycles. The third kappa shape index (κ3) is 3.39. The van der Waals surface area contributed by atoms with Crippen molar-refractivity contribution in [3.8, 4) is 0 Å². The minimum absolute atomic E-state index is 0.251. The fourth-order valence-electron chi connectivity index (χ4n) is 2.05. The molecule has 0 saturated carbocycles. The Labute approximate surface area is 127 Å². The molecule has 2 aromatic rings. The maximum Gasteiger partial charge on any atom is 0.207 e. The topological polar surface area (TPSA) is 29.9 Å². The Bertz CT molecular complexity index is 607. The van der Waals surface area contributed by atoms with Crippen LogP contribution in [0.4, 0.5) is 16.0 Å². The van der Waals surface area contributed by atoms with Crippen molar-refractivity contribution in [3.05, 3.63) is 39.9 Å². The normalized spacial score (nSPS) is 10.8. The molecule has 1 N–H and O–H groups in total. The van der Waals surface area contributed by atoms with E-state index in [0.29, 0.717) is 4.47 Å². The first-order valence-electron chi connectivity index (χ1n) is 6.77. The second-order valence-corrected chi connectivity index (χ2v) is 5.81. The van der Waals surface area contributed by atoms with Crippen LogP contribution in [0.3, 0.4) is 0 Å². The zero-order valence-electron chi connectivity index (χ0n) is 12.0. The molecule has 1 aromatic carbocycles. The summed E-state index contributed by atoms with van der Waals surface area (Å²) in [5.74, 6) is 0.552. The number of benzene rings is 1. The van der Waals surface area contributed by atoms with E-state index < -0.39 is 0 Å². The number of hydrogen-bond donors (Lipinski definition) is 1. The van der Waals surface area contributed by atoms with Crippen molar-refractivity contribution in [2.75, 3.05) is 5.32 Å². The van der Waals surface area contributed by atoms with E-state index in [4.69, 9.17) is 0 Å². The number of aromatic nitrogens is 2. The lowest BCUT2D eigenvalue weighted by molar-refractivity contribution is 0.620. The molecule has 0 aliphatic rings. The van der Waals surface area contributed by atoms with Gasteiger partial charge in [0, 0.05) is 18.4 Å². The van der Waals surface area contributed by atoms with Crippen molar-refractivity contribution in [3.63, 3.8) is 0 Å². The van der Waals surface area contributed by atoms with Gasteiger partial charge in [0.2, 0.25) is 5.95 Å². The van der Waals surface area contributed by atoms with E-state index in [9.17, 15) is 4.39 Å². The van der Waals surface area contributed by atoms with E-state index in [1.807, 2.05) is 20.0 Å². The SMILES string of the molecule is CCCCn1cc(C)nc1Nc1cc(Br)c(F)cc1C. The summed E-state index contributed by atoms with van der Waals surface area (Å²) < 4.78 is 16.0. The van der Waals surface area contributed by atoms with E-state index in [1.54, 1.807) is 6.07 Å². The molecule has 0 amide bonds. The van der Waals surface area contributed by atoms with E-state index in [2.05, 4.69) is 37.7 Å². The van der Waals surface area contributed by atoms with E-state index in [1.165, 1.54) is 6.07 Å². The molecule has 0 radical (unpaired) electrons. The van der Waals surface area contributed by atoms with Crippen LogP contribution in [0.2, 0.25) is 0 Å². The van der Waals surface area contributed by atoms with Gasteiger partial charge in [0.15, 0.2) is 0 Å². The number of aryl methyl sites for hydroxylation is 3. The summed E-state index contributed by atoms with van der Waals surface area (Å²) in [5, 5.41) is 3.29. The van der Waals surface area contributed by atoms with Gasteiger partial charge >= 0.3 is 0 Å². The van der Waals surface area contributed by atoms with Crippen LogP contribution in [0.15, 0.2) is 22.8 Å². The van der Waals surface area contributed by atoms with Gasteiger partial charge in [-0.25, -0.2) is 9.37 Å². The molecule has 3 nitrogen and oxygen atoms in total. The van der Waals surface area contributed by atoms with Gasteiger partial charge in [0.1, 0.15) is 5.82 Å². The summed E-state index contributed by atoms with van der Waals surface area (Å²) in [7, 11) is 0. The molecule has 2 rings (SSSR count). The first kappa shape index (κ1) is 15.0. The van der Waals surface area contributed by atoms with Crippen LogP contribution in [-0.2, 0) is 6.54 Å². The van der Waals surface area contributed by atoms with Gasteiger partial charge in [0.25, 0.3) is 0 Å². The van der Waals surface area contributed by atoms with Gasteiger partial charge in [-0.1, -0.05) is 13.3 Å². The standard InChI is InChI=1S/C15H19BrFN3/c1-4-5-6-20-9-11(3)18-15(20)19-14-8-12(16)13(17)7-10(14)2/h7-9H,4-6H2,1-3H3,(H,18,19). The largest absolute Gasteiger partial charge is 0.325 e. The maximum atomic E-state index is 13.5. The third-order valence-electron chi connectivity index (χ3n) is 3.16. The lowest BCUT2D eigenvalue weighted by Gasteiger charge is -2.12. The molecular weight excluding hydrogens is 321 g/mol. The lowest BCUT2D eigenvalue weighted by Crippen LogP contribution is -2.04. The summed E-state index contributed by atoms with van der Waals surface area (Å²) in [5.41, 5.74) is 2.69. The predicted octanol–water partition coefficient (Wildman–Crippen LogP) is 4.95. The highest BCUT2D eigenvalue weighted by molar-refractivity contribution is 9.10. The van der Waals surface area contributed by atoms with E-state index >= 15 is 0 Å². The summed E-state index contributed by atoms with van der Waals surface area (Å²) >= 11 is 3.22. The fraction of sp³-hybridized carbons (Fsp3) is 0.400. The summed E-state index contributed by atoms with van der Waals surface area (Å²) in [6.45, 7) is 6.95. The zero-order valence-corrected chi connectivity index (χ0v) is 13.6. The number of nitrogens with zero attached hydrogens (tertiary/aromatic N) is 2. The van der Waals surface area contributed by atoms with Gasteiger partial charge in [-0.2, -0.15) is 0 Å². The van der Waals surface area contributed by atoms with Crippen molar-refractivity contribution < 1.29 is 4.39 Å². The Morgan fingerprint density at radius 2 is 2.10 bits per heavy atom. The van der Waals surface area contributed by atoms with Crippen LogP contribution in [0.5, 0.6) is 0 Å². The van der Waals surface area contributed by atoms with Crippen LogP contribution in [0, 0.1) is 19.7 Å². The van der Waals surface area contributed by atoms with Crippen LogP contribution in [-0.4, -0.2) is 9.55 Å². The third-order valence-corrected chi connectivity index (χ3v) is 3.77. The van der Waals surface area contributed by atoms with Crippen molar-refractivity contribution >= 4 is 27.6 Å². The monoisotopic (exact) mass is 339 g/mol. The van der Waals surface area contributed by atoms with Gasteiger partial charge in [-0.15, -0.1) is 0 Å². The molecular formula is C15H19BrFN3. The number of imidazole rings is 1. The quantitative estimate of drug-likeness (QED) is 0.835. The van der Waals surface area contributed by atoms with Gasteiger partial charge < -0.3 is 9.88 Å². The second kappa shape index (κ2) is 6.39. The molecule has 0 fully saturated rings. The smallest absolute Gasteiger partial charge is 0.207 e. The average Bonchev–Trinajstić information content (AvgIpc) is 2.73. The Morgan fingerprint density at radius 3 is 2.80 bits per heavy atom. The average molecular weight is 340 g/mol. The first-order chi connectivity index (χ1) is 9.51. The van der Waals surface area contributed by atoms with Crippen molar-refractivity contribution in [2.45, 2.75) is 40.2 Å². The minimum Gasteiger partial charge on any atom is -0.325 e. The Morgan fingerprint density at radius 1 is 1.35 bits per heavy atom. The Balaban J connectivity index is 2.27. The summed E-state index contributed by atoms with van der Waals surface area (Å²) in [6.07, 6.45) is 4.28. The second-order valence-electron chi connectivity index (χ2n) is 4.96. The molecule has 0 aliphatic carbocycles. The van der Waals surface area contributed by atoms with Crippen molar-refractivity contribution in [1.82, 2.24) is 9.55 Å². The molecule has 0 saturated heterocycles. The Kier molecular flexibility index (Phi) is 4.81. The van der Waals surface area contributed by atoms with Gasteiger partial charge in [-0.05, 0) is 53.9 Å². The molecule has 0 bridgehead atoms. The predicted molar refractivity (Wildman–Crippen MR) is 84.0 cm³/mol. The molecule has 0 atom stereocenters. The molecule has 108 valence electrons. The molecule has 0 aliphatic heterocycles. The molecule has 0 spiro atoms. The van der Waals surface area contributed by atoms with E-state index in [0.717, 1.165) is 42.3 Å². The van der Waals surface area contributed by atoms with E-state index in [-0.39, 0.29) is 5.82 Å². The number of anilines is 2. The van der Waals surface area contributed by atoms with Crippen LogP contribution in [0.25, 0.3) is 0 Å². The molecule has 20 heavy (non-hydrogen) atoms. The zero-order chi connectivity index (χ0) is 14.7. The number of hydrogen-bond acceptors (Lipinski definition) is 2. The highest BCUT2D eigenvalue weighted by atomic mass is 79.9. The number of nitrogens with one attached hydrogen (secondary N) is 1. The van der Waals surface area contributed by atoms with Crippen LogP contribution in [0.1, 0.15) is 31.0 Å². The molecule has 0 unspecified atom stereocenters. The summed E-state index contributed by atoms with van der Waals surface area (Å²) in [4.78, 5) is 4.49. The highest BCUT2D eigenvalue weighted by Gasteiger charge is 2.09.